The maximum Gasteiger partial charge on any atom is 0.0629 e. The fourth-order valence-electron chi connectivity index (χ4n) is 4.94. The first-order chi connectivity index (χ1) is 22.9. The Balaban J connectivity index is 1.63. The van der Waals surface area contributed by atoms with Crippen molar-refractivity contribution in [3.05, 3.63) is 150 Å². The molecule has 0 spiro atoms. The summed E-state index contributed by atoms with van der Waals surface area (Å²) in [4.78, 5) is 0. The van der Waals surface area contributed by atoms with Crippen molar-refractivity contribution in [2.24, 2.45) is 0 Å². The van der Waals surface area contributed by atoms with Gasteiger partial charge >= 0.3 is 0 Å². The number of rotatable bonds is 4. The zero-order valence-electron chi connectivity index (χ0n) is 29.9. The van der Waals surface area contributed by atoms with Crippen molar-refractivity contribution in [3.63, 3.8) is 0 Å². The molecule has 38 heavy (non-hydrogen) atoms. The van der Waals surface area contributed by atoms with E-state index in [9.17, 15) is 0 Å². The normalized spacial score (nSPS) is 15.0. The van der Waals surface area contributed by atoms with Crippen molar-refractivity contribution in [2.75, 3.05) is 0 Å². The Labute approximate surface area is 244 Å². The molecular weight excluding hydrogens is 526 g/mol. The predicted octanol–water partition coefficient (Wildman–Crippen LogP) is 10.5. The Morgan fingerprint density at radius 3 is 1.95 bits per heavy atom. The first-order valence-electron chi connectivity index (χ1n) is 17.0. The third kappa shape index (κ3) is 3.95. The van der Waals surface area contributed by atoms with Crippen LogP contribution >= 0.6 is 15.9 Å². The molecule has 0 unspecified atom stereocenters. The largest absolute Gasteiger partial charge is 0.309 e. The standard InChI is InChI=1S/C36H24BrN/c37-30-15-9-14-27(22-30)29-18-20-32-31-16-7-8-17-34(31)38(36(32)24-29)35-21-19-28(25-10-3-1-4-11-25)23-33(35)26-12-5-2-6-13-26/h1-24H/i1D,2D,3D,4D,5D,6D,10D,11D,12D,13D. The maximum absolute atomic E-state index is 8.90. The highest BCUT2D eigenvalue weighted by Crippen LogP contribution is 2.39. The Bertz CT molecular complexity index is 2430. The molecule has 0 radical (unpaired) electrons. The molecule has 180 valence electrons. The van der Waals surface area contributed by atoms with Gasteiger partial charge in [0, 0.05) is 20.8 Å². The lowest BCUT2D eigenvalue weighted by molar-refractivity contribution is 1.18. The number of nitrogens with zero attached hydrogens (tertiary/aromatic N) is 1. The van der Waals surface area contributed by atoms with E-state index in [1.54, 1.807) is 18.2 Å². The topological polar surface area (TPSA) is 4.93 Å². The molecule has 1 aromatic heterocycles. The fraction of sp³-hybridized carbons (Fsp3) is 0. The van der Waals surface area contributed by atoms with Gasteiger partial charge in [-0.1, -0.05) is 125 Å². The molecule has 0 bridgehead atoms. The number of hydrogen-bond acceptors (Lipinski definition) is 0. The molecule has 0 atom stereocenters. The molecule has 0 aliphatic heterocycles. The molecule has 0 fully saturated rings. The Hall–Kier alpha value is -4.40. The summed E-state index contributed by atoms with van der Waals surface area (Å²) in [6, 6.07) is 22.0. The Morgan fingerprint density at radius 1 is 0.500 bits per heavy atom. The second kappa shape index (κ2) is 9.48. The summed E-state index contributed by atoms with van der Waals surface area (Å²) in [7, 11) is 0. The maximum atomic E-state index is 8.90. The summed E-state index contributed by atoms with van der Waals surface area (Å²) >= 11 is 3.56. The molecule has 1 heterocycles. The summed E-state index contributed by atoms with van der Waals surface area (Å²) in [5, 5.41) is 1.88. The highest BCUT2D eigenvalue weighted by Gasteiger charge is 2.17. The van der Waals surface area contributed by atoms with E-state index in [-0.39, 0.29) is 22.3 Å². The van der Waals surface area contributed by atoms with E-state index in [0.29, 0.717) is 5.69 Å². The molecule has 2 heteroatoms. The average molecular weight is 561 g/mol. The number of fused-ring (bicyclic) bond motifs is 3. The molecule has 0 saturated heterocycles. The smallest absolute Gasteiger partial charge is 0.0629 e. The molecule has 1 nitrogen and oxygen atoms in total. The fourth-order valence-corrected chi connectivity index (χ4v) is 5.34. The summed E-state index contributed by atoms with van der Waals surface area (Å²) in [6.07, 6.45) is 0. The van der Waals surface area contributed by atoms with Crippen LogP contribution in [0.3, 0.4) is 0 Å². The highest BCUT2D eigenvalue weighted by atomic mass is 79.9. The summed E-state index contributed by atoms with van der Waals surface area (Å²) in [6.45, 7) is 0. The van der Waals surface area contributed by atoms with Crippen LogP contribution < -0.4 is 0 Å². The van der Waals surface area contributed by atoms with E-state index in [1.165, 1.54) is 0 Å². The zero-order valence-corrected chi connectivity index (χ0v) is 21.5. The third-order valence-corrected chi connectivity index (χ3v) is 7.12. The lowest BCUT2D eigenvalue weighted by Gasteiger charge is -2.16. The molecule has 0 saturated carbocycles. The van der Waals surface area contributed by atoms with E-state index in [2.05, 4.69) is 15.9 Å². The first kappa shape index (κ1) is 14.5. The van der Waals surface area contributed by atoms with E-state index in [0.717, 1.165) is 37.4 Å². The van der Waals surface area contributed by atoms with Gasteiger partial charge in [0.1, 0.15) is 0 Å². The van der Waals surface area contributed by atoms with E-state index in [1.807, 2.05) is 71.3 Å². The number of halogens is 1. The van der Waals surface area contributed by atoms with Crippen LogP contribution in [0.25, 0.3) is 60.9 Å². The minimum Gasteiger partial charge on any atom is -0.309 e. The molecular formula is C36H24BrN. The van der Waals surface area contributed by atoms with Gasteiger partial charge in [0.05, 0.1) is 30.4 Å². The summed E-state index contributed by atoms with van der Waals surface area (Å²) in [5.74, 6) is 0. The van der Waals surface area contributed by atoms with E-state index in [4.69, 9.17) is 13.7 Å². The number of aromatic nitrogens is 1. The monoisotopic (exact) mass is 559 g/mol. The number of para-hydroxylation sites is 1. The number of benzene rings is 6. The Kier molecular flexibility index (Phi) is 3.62. The third-order valence-electron chi connectivity index (χ3n) is 6.63. The molecule has 7 rings (SSSR count). The van der Waals surface area contributed by atoms with Crippen LogP contribution in [-0.2, 0) is 0 Å². The summed E-state index contributed by atoms with van der Waals surface area (Å²) < 4.78 is 87.6. The lowest BCUT2D eigenvalue weighted by Crippen LogP contribution is -1.98. The van der Waals surface area contributed by atoms with Crippen LogP contribution in [0.2, 0.25) is 0 Å². The molecule has 7 aromatic rings. The van der Waals surface area contributed by atoms with Crippen LogP contribution in [0.15, 0.2) is 150 Å². The zero-order chi connectivity index (χ0) is 34.2. The molecule has 6 aromatic carbocycles. The van der Waals surface area contributed by atoms with Crippen molar-refractivity contribution in [3.8, 4) is 39.1 Å². The van der Waals surface area contributed by atoms with Crippen LogP contribution in [0, 0.1) is 0 Å². The van der Waals surface area contributed by atoms with E-state index >= 15 is 0 Å². The van der Waals surface area contributed by atoms with Crippen LogP contribution in [0.5, 0.6) is 0 Å². The summed E-state index contributed by atoms with van der Waals surface area (Å²) in [5.41, 5.74) is 4.38. The van der Waals surface area contributed by atoms with Crippen molar-refractivity contribution in [1.29, 1.82) is 0 Å². The van der Waals surface area contributed by atoms with Gasteiger partial charge in [0.2, 0.25) is 0 Å². The minimum absolute atomic E-state index is 0.0553. The molecule has 0 amide bonds. The minimum atomic E-state index is -0.535. The van der Waals surface area contributed by atoms with Gasteiger partial charge in [-0.15, -0.1) is 0 Å². The van der Waals surface area contributed by atoms with Crippen molar-refractivity contribution in [2.45, 2.75) is 0 Å². The van der Waals surface area contributed by atoms with Crippen LogP contribution in [0.4, 0.5) is 0 Å². The highest BCUT2D eigenvalue weighted by molar-refractivity contribution is 9.10. The predicted molar refractivity (Wildman–Crippen MR) is 165 cm³/mol. The second-order valence-corrected chi connectivity index (χ2v) is 9.74. The quantitative estimate of drug-likeness (QED) is 0.202. The Morgan fingerprint density at radius 2 is 1.16 bits per heavy atom. The lowest BCUT2D eigenvalue weighted by atomic mass is 9.97. The van der Waals surface area contributed by atoms with Crippen LogP contribution in [0.1, 0.15) is 13.7 Å². The van der Waals surface area contributed by atoms with E-state index < -0.39 is 60.4 Å². The van der Waals surface area contributed by atoms with Crippen LogP contribution in [-0.4, -0.2) is 4.57 Å². The van der Waals surface area contributed by atoms with Gasteiger partial charge in [-0.05, 0) is 64.2 Å². The van der Waals surface area contributed by atoms with Gasteiger partial charge in [0.15, 0.2) is 0 Å². The number of hydrogen-bond donors (Lipinski definition) is 0. The van der Waals surface area contributed by atoms with Gasteiger partial charge in [-0.2, -0.15) is 0 Å². The van der Waals surface area contributed by atoms with Gasteiger partial charge < -0.3 is 4.57 Å². The van der Waals surface area contributed by atoms with Gasteiger partial charge in [-0.25, -0.2) is 0 Å². The molecule has 0 aliphatic rings. The van der Waals surface area contributed by atoms with Crippen molar-refractivity contribution < 1.29 is 13.7 Å². The van der Waals surface area contributed by atoms with Gasteiger partial charge in [-0.3, -0.25) is 0 Å². The SMILES string of the molecule is [2H]c1c([2H])c([2H])c(-c2ccc(-n3c4ccccc4c4ccc(-c5cccc(Br)c5)cc43)c(-c3c([2H])c([2H])c([2H])c([2H])c3[2H])c2)c([2H])c1[2H]. The molecule has 0 aliphatic carbocycles. The second-order valence-electron chi connectivity index (χ2n) is 8.83. The van der Waals surface area contributed by atoms with Crippen molar-refractivity contribution >= 4 is 37.7 Å². The molecule has 0 N–H and O–H groups in total. The van der Waals surface area contributed by atoms with Gasteiger partial charge in [0.25, 0.3) is 0 Å². The van der Waals surface area contributed by atoms with Crippen molar-refractivity contribution in [1.82, 2.24) is 4.57 Å². The first-order valence-corrected chi connectivity index (χ1v) is 12.8. The average Bonchev–Trinajstić information content (AvgIpc) is 3.42.